The van der Waals surface area contributed by atoms with E-state index in [4.69, 9.17) is 4.74 Å². The van der Waals surface area contributed by atoms with Crippen LogP contribution in [0.25, 0.3) is 0 Å². The quantitative estimate of drug-likeness (QED) is 0.685. The Morgan fingerprint density at radius 3 is 2.71 bits per heavy atom. The number of rotatable bonds is 3. The van der Waals surface area contributed by atoms with Crippen molar-refractivity contribution in [3.63, 3.8) is 0 Å². The molecule has 1 rings (SSSR count). The maximum atomic E-state index is 11.4. The Kier molecular flexibility index (Phi) is 2.93. The second-order valence-electron chi connectivity index (χ2n) is 3.70. The van der Waals surface area contributed by atoms with Crippen LogP contribution in [-0.4, -0.2) is 22.9 Å². The maximum absolute atomic E-state index is 11.4. The van der Waals surface area contributed by atoms with Gasteiger partial charge >= 0.3 is 5.97 Å². The fraction of sp³-hybridized carbons (Fsp3) is 0.600. The molecule has 0 fully saturated rings. The zero-order chi connectivity index (χ0) is 10.8. The normalized spacial score (nSPS) is 11.4. The van der Waals surface area contributed by atoms with Gasteiger partial charge in [-0.2, -0.15) is 5.10 Å². The lowest BCUT2D eigenvalue weighted by Crippen LogP contribution is -2.37. The van der Waals surface area contributed by atoms with Crippen molar-refractivity contribution in [2.75, 3.05) is 7.11 Å². The average Bonchev–Trinajstić information content (AvgIpc) is 2.65. The van der Waals surface area contributed by atoms with Crippen LogP contribution in [0.1, 0.15) is 26.3 Å². The lowest BCUT2D eigenvalue weighted by atomic mass is 10.1. The molecule has 0 bridgehead atoms. The summed E-state index contributed by atoms with van der Waals surface area (Å²) in [4.78, 5) is 11.4. The third-order valence-corrected chi connectivity index (χ3v) is 2.30. The van der Waals surface area contributed by atoms with Crippen LogP contribution >= 0.6 is 0 Å². The van der Waals surface area contributed by atoms with E-state index in [0.717, 1.165) is 12.0 Å². The molecule has 0 saturated heterocycles. The van der Waals surface area contributed by atoms with E-state index in [2.05, 4.69) is 5.10 Å². The first kappa shape index (κ1) is 10.8. The number of carbonyl (C=O) groups is 1. The summed E-state index contributed by atoms with van der Waals surface area (Å²) < 4.78 is 6.35. The van der Waals surface area contributed by atoms with Gasteiger partial charge in [0.2, 0.25) is 0 Å². The van der Waals surface area contributed by atoms with Gasteiger partial charge < -0.3 is 4.74 Å². The second-order valence-corrected chi connectivity index (χ2v) is 3.70. The molecule has 78 valence electrons. The van der Waals surface area contributed by atoms with Gasteiger partial charge in [0.15, 0.2) is 5.54 Å². The molecule has 0 spiro atoms. The zero-order valence-corrected chi connectivity index (χ0v) is 9.07. The van der Waals surface area contributed by atoms with Gasteiger partial charge in [-0.25, -0.2) is 4.79 Å². The van der Waals surface area contributed by atoms with Gasteiger partial charge in [0.25, 0.3) is 0 Å². The van der Waals surface area contributed by atoms with Crippen molar-refractivity contribution in [3.05, 3.63) is 18.0 Å². The summed E-state index contributed by atoms with van der Waals surface area (Å²) in [5.74, 6) is -0.289. The Balaban J connectivity index is 2.97. The van der Waals surface area contributed by atoms with E-state index in [9.17, 15) is 4.79 Å². The molecule has 1 aromatic rings. The molecule has 4 nitrogen and oxygen atoms in total. The number of ether oxygens (including phenoxy) is 1. The molecule has 0 radical (unpaired) electrons. The highest BCUT2D eigenvalue weighted by atomic mass is 16.5. The summed E-state index contributed by atoms with van der Waals surface area (Å²) >= 11 is 0. The van der Waals surface area contributed by atoms with E-state index in [-0.39, 0.29) is 5.97 Å². The zero-order valence-electron chi connectivity index (χ0n) is 9.07. The minimum atomic E-state index is -0.734. The largest absolute Gasteiger partial charge is 0.467 e. The first-order valence-corrected chi connectivity index (χ1v) is 4.64. The Bertz CT molecular complexity index is 329. The molecule has 0 saturated carbocycles. The van der Waals surface area contributed by atoms with Crippen LogP contribution in [0.4, 0.5) is 0 Å². The molecule has 0 aromatic carbocycles. The third-order valence-electron chi connectivity index (χ3n) is 2.30. The lowest BCUT2D eigenvalue weighted by Gasteiger charge is -2.21. The number of hydrogen-bond donors (Lipinski definition) is 0. The molecule has 0 atom stereocenters. The summed E-state index contributed by atoms with van der Waals surface area (Å²) in [5.41, 5.74) is 0.379. The predicted octanol–water partition coefficient (Wildman–Crippen LogP) is 1.35. The maximum Gasteiger partial charge on any atom is 0.333 e. The van der Waals surface area contributed by atoms with Crippen molar-refractivity contribution in [1.82, 2.24) is 9.78 Å². The Morgan fingerprint density at radius 2 is 2.29 bits per heavy atom. The van der Waals surface area contributed by atoms with Crippen molar-refractivity contribution in [2.45, 2.75) is 32.7 Å². The second kappa shape index (κ2) is 3.82. The Morgan fingerprint density at radius 1 is 1.64 bits per heavy atom. The molecular formula is C10H16N2O2. The van der Waals surface area contributed by atoms with Gasteiger partial charge in [-0.15, -0.1) is 0 Å². The highest BCUT2D eigenvalue weighted by Crippen LogP contribution is 2.16. The molecule has 0 aliphatic heterocycles. The molecule has 0 unspecified atom stereocenters. The fourth-order valence-electron chi connectivity index (χ4n) is 1.19. The number of methoxy groups -OCH3 is 1. The van der Waals surface area contributed by atoms with Crippen LogP contribution in [0.15, 0.2) is 12.4 Å². The highest BCUT2D eigenvalue weighted by molar-refractivity contribution is 5.77. The Labute approximate surface area is 83.9 Å². The highest BCUT2D eigenvalue weighted by Gasteiger charge is 2.31. The monoisotopic (exact) mass is 196 g/mol. The van der Waals surface area contributed by atoms with E-state index < -0.39 is 5.54 Å². The molecule has 0 amide bonds. The van der Waals surface area contributed by atoms with Crippen LogP contribution < -0.4 is 0 Å². The smallest absolute Gasteiger partial charge is 0.333 e. The van der Waals surface area contributed by atoms with Crippen molar-refractivity contribution in [3.8, 4) is 0 Å². The molecular weight excluding hydrogens is 180 g/mol. The standard InChI is InChI=1S/C10H16N2O2/c1-5-8-6-11-12(7-8)10(2,3)9(13)14-4/h6-7H,5H2,1-4H3. The molecule has 0 aliphatic carbocycles. The Hall–Kier alpha value is -1.32. The van der Waals surface area contributed by atoms with E-state index in [1.165, 1.54) is 7.11 Å². The number of aryl methyl sites for hydroxylation is 1. The minimum Gasteiger partial charge on any atom is -0.467 e. The van der Waals surface area contributed by atoms with Gasteiger partial charge in [0.1, 0.15) is 0 Å². The minimum absolute atomic E-state index is 0.289. The van der Waals surface area contributed by atoms with Crippen LogP contribution in [0.3, 0.4) is 0 Å². The molecule has 0 aliphatic rings. The van der Waals surface area contributed by atoms with E-state index in [1.807, 2.05) is 13.1 Å². The number of hydrogen-bond acceptors (Lipinski definition) is 3. The molecule has 4 heteroatoms. The fourth-order valence-corrected chi connectivity index (χ4v) is 1.19. The van der Waals surface area contributed by atoms with Gasteiger partial charge in [0, 0.05) is 6.20 Å². The van der Waals surface area contributed by atoms with Crippen LogP contribution in [0, 0.1) is 0 Å². The number of nitrogens with zero attached hydrogens (tertiary/aromatic N) is 2. The summed E-state index contributed by atoms with van der Waals surface area (Å²) in [6.45, 7) is 5.61. The molecule has 0 N–H and O–H groups in total. The van der Waals surface area contributed by atoms with Crippen LogP contribution in [0.5, 0.6) is 0 Å². The molecule has 1 aromatic heterocycles. The van der Waals surface area contributed by atoms with Crippen molar-refractivity contribution in [1.29, 1.82) is 0 Å². The van der Waals surface area contributed by atoms with Gasteiger partial charge in [-0.1, -0.05) is 6.92 Å². The van der Waals surface area contributed by atoms with E-state index in [1.54, 1.807) is 24.7 Å². The number of aromatic nitrogens is 2. The molecule has 1 heterocycles. The lowest BCUT2D eigenvalue weighted by molar-refractivity contribution is -0.150. The van der Waals surface area contributed by atoms with Gasteiger partial charge in [-0.3, -0.25) is 4.68 Å². The van der Waals surface area contributed by atoms with Gasteiger partial charge in [-0.05, 0) is 25.8 Å². The number of carbonyl (C=O) groups excluding carboxylic acids is 1. The van der Waals surface area contributed by atoms with Crippen LogP contribution in [0.2, 0.25) is 0 Å². The summed E-state index contributed by atoms with van der Waals surface area (Å²) in [6.07, 6.45) is 4.55. The molecule has 14 heavy (non-hydrogen) atoms. The summed E-state index contributed by atoms with van der Waals surface area (Å²) in [6, 6.07) is 0. The van der Waals surface area contributed by atoms with E-state index >= 15 is 0 Å². The SMILES string of the molecule is CCc1cnn(C(C)(C)C(=O)OC)c1. The van der Waals surface area contributed by atoms with E-state index in [0.29, 0.717) is 0 Å². The topological polar surface area (TPSA) is 44.1 Å². The first-order chi connectivity index (χ1) is 6.52. The summed E-state index contributed by atoms with van der Waals surface area (Å²) in [5, 5.41) is 4.14. The first-order valence-electron chi connectivity index (χ1n) is 4.64. The van der Waals surface area contributed by atoms with Crippen molar-refractivity contribution >= 4 is 5.97 Å². The van der Waals surface area contributed by atoms with Crippen LogP contribution in [-0.2, 0) is 21.5 Å². The van der Waals surface area contributed by atoms with Gasteiger partial charge in [0.05, 0.1) is 13.3 Å². The van der Waals surface area contributed by atoms with Crippen molar-refractivity contribution < 1.29 is 9.53 Å². The van der Waals surface area contributed by atoms with Crippen molar-refractivity contribution in [2.24, 2.45) is 0 Å². The third kappa shape index (κ3) is 1.78. The predicted molar refractivity (Wildman–Crippen MR) is 52.9 cm³/mol. The summed E-state index contributed by atoms with van der Waals surface area (Å²) in [7, 11) is 1.38. The number of esters is 1. The average molecular weight is 196 g/mol.